The van der Waals surface area contributed by atoms with Crippen LogP contribution >= 0.6 is 0 Å². The maximum absolute atomic E-state index is 11.1. The number of methoxy groups -OCH3 is 1. The third-order valence-electron chi connectivity index (χ3n) is 1.43. The van der Waals surface area contributed by atoms with E-state index >= 15 is 0 Å². The van der Waals surface area contributed by atoms with Crippen LogP contribution in [0.5, 0.6) is 0 Å². The van der Waals surface area contributed by atoms with Gasteiger partial charge in [0.25, 0.3) is 0 Å². The van der Waals surface area contributed by atoms with E-state index in [1.54, 1.807) is 0 Å². The molecule has 0 saturated carbocycles. The number of ether oxygens (including phenoxy) is 2. The maximum Gasteiger partial charge on any atom is 0.412 e. The number of nitrogens with one attached hydrogen (secondary N) is 2. The van der Waals surface area contributed by atoms with Crippen molar-refractivity contribution in [3.63, 3.8) is 0 Å². The van der Waals surface area contributed by atoms with E-state index in [2.05, 4.69) is 20.0 Å². The summed E-state index contributed by atoms with van der Waals surface area (Å²) in [5.74, 6) is 0.234. The molecule has 0 spiro atoms. The zero-order valence-corrected chi connectivity index (χ0v) is 8.15. The van der Waals surface area contributed by atoms with Gasteiger partial charge in [0.15, 0.2) is 0 Å². The second-order valence-corrected chi connectivity index (χ2v) is 2.54. The summed E-state index contributed by atoms with van der Waals surface area (Å²) in [5, 5.41) is 2.33. The molecule has 1 aromatic rings. The minimum atomic E-state index is -0.658. The summed E-state index contributed by atoms with van der Waals surface area (Å²) in [7, 11) is 1.50. The molecule has 1 heterocycles. The summed E-state index contributed by atoms with van der Waals surface area (Å²) in [6, 6.07) is 1.44. The number of aromatic amines is 1. The van der Waals surface area contributed by atoms with Gasteiger partial charge in [-0.2, -0.15) is 0 Å². The Kier molecular flexibility index (Phi) is 4.30. The lowest BCUT2D eigenvalue weighted by Gasteiger charge is -2.05. The Labute approximate surface area is 85.4 Å². The first kappa shape index (κ1) is 11.2. The molecule has 82 valence electrons. The molecule has 0 radical (unpaired) electrons. The van der Waals surface area contributed by atoms with Crippen molar-refractivity contribution in [1.29, 1.82) is 0 Å². The number of carbonyl (C=O) groups excluding carboxylic acids is 1. The highest BCUT2D eigenvalue weighted by atomic mass is 16.6. The Balaban J connectivity index is 2.41. The number of H-pyrrole nitrogens is 1. The Morgan fingerprint density at radius 2 is 2.40 bits per heavy atom. The highest BCUT2D eigenvalue weighted by molar-refractivity contribution is 5.83. The molecule has 0 aromatic carbocycles. The third kappa shape index (κ3) is 4.23. The lowest BCUT2D eigenvalue weighted by atomic mass is 10.6. The van der Waals surface area contributed by atoms with E-state index in [1.807, 2.05) is 0 Å². The first-order valence-corrected chi connectivity index (χ1v) is 4.20. The lowest BCUT2D eigenvalue weighted by Crippen LogP contribution is -2.19. The summed E-state index contributed by atoms with van der Waals surface area (Å²) in [6.07, 6.45) is 0.623. The van der Waals surface area contributed by atoms with Gasteiger partial charge in [-0.15, -0.1) is 0 Å². The van der Waals surface area contributed by atoms with Crippen LogP contribution in [-0.2, 0) is 9.47 Å². The molecule has 0 unspecified atom stereocenters. The summed E-state index contributed by atoms with van der Waals surface area (Å²) in [6.45, 7) is 0.470. The van der Waals surface area contributed by atoms with Crippen LogP contribution in [0.1, 0.15) is 0 Å². The van der Waals surface area contributed by atoms with Crippen molar-refractivity contribution in [3.8, 4) is 0 Å². The van der Waals surface area contributed by atoms with Crippen molar-refractivity contribution in [2.24, 2.45) is 0 Å². The average Bonchev–Trinajstić information content (AvgIpc) is 2.18. The molecule has 0 bridgehead atoms. The Hall–Kier alpha value is -1.89. The molecule has 7 heteroatoms. The van der Waals surface area contributed by atoms with Gasteiger partial charge in [-0.05, 0) is 6.07 Å². The number of amides is 1. The fourth-order valence-corrected chi connectivity index (χ4v) is 0.805. The van der Waals surface area contributed by atoms with Gasteiger partial charge < -0.3 is 9.47 Å². The highest BCUT2D eigenvalue weighted by Crippen LogP contribution is 1.96. The van der Waals surface area contributed by atoms with Crippen LogP contribution in [-0.4, -0.2) is 36.4 Å². The molecule has 7 nitrogen and oxygen atoms in total. The average molecular weight is 213 g/mol. The first-order valence-electron chi connectivity index (χ1n) is 4.20. The van der Waals surface area contributed by atoms with Crippen molar-refractivity contribution >= 4 is 11.9 Å². The number of nitrogens with zero attached hydrogens (tertiary/aromatic N) is 1. The molecule has 2 N–H and O–H groups in total. The van der Waals surface area contributed by atoms with Crippen LogP contribution in [0.3, 0.4) is 0 Å². The summed E-state index contributed by atoms with van der Waals surface area (Å²) < 4.78 is 9.40. The second kappa shape index (κ2) is 5.76. The van der Waals surface area contributed by atoms with Crippen LogP contribution in [0.15, 0.2) is 17.1 Å². The number of hydrogen-bond donors (Lipinski definition) is 2. The van der Waals surface area contributed by atoms with Crippen LogP contribution in [0.4, 0.5) is 10.6 Å². The molecular formula is C8H11N3O4. The Bertz CT molecular complexity index is 376. The molecule has 0 aliphatic heterocycles. The fourth-order valence-electron chi connectivity index (χ4n) is 0.805. The summed E-state index contributed by atoms with van der Waals surface area (Å²) >= 11 is 0. The fraction of sp³-hybridized carbons (Fsp3) is 0.375. The molecule has 0 aliphatic carbocycles. The van der Waals surface area contributed by atoms with Crippen LogP contribution in [0.2, 0.25) is 0 Å². The normalized spacial score (nSPS) is 9.67. The van der Waals surface area contributed by atoms with Crippen molar-refractivity contribution in [1.82, 2.24) is 9.97 Å². The van der Waals surface area contributed by atoms with Gasteiger partial charge in [0.05, 0.1) is 6.61 Å². The second-order valence-electron chi connectivity index (χ2n) is 2.54. The van der Waals surface area contributed by atoms with E-state index < -0.39 is 11.8 Å². The van der Waals surface area contributed by atoms with Gasteiger partial charge in [0, 0.05) is 13.3 Å². The molecule has 0 fully saturated rings. The molecule has 0 saturated heterocycles. The summed E-state index contributed by atoms with van der Waals surface area (Å²) in [5.41, 5.74) is -0.537. The van der Waals surface area contributed by atoms with E-state index in [-0.39, 0.29) is 12.4 Å². The minimum absolute atomic E-state index is 0.150. The quantitative estimate of drug-likeness (QED) is 0.685. The number of anilines is 1. The van der Waals surface area contributed by atoms with Gasteiger partial charge in [-0.1, -0.05) is 0 Å². The standard InChI is InChI=1S/C8H11N3O4/c1-14-4-5-15-8(13)11-6-2-3-9-7(12)10-6/h2-3H,4-5H2,1H3,(H2,9,10,11,12,13). The predicted octanol–water partition coefficient (Wildman–Crippen LogP) is -0.0352. The van der Waals surface area contributed by atoms with Gasteiger partial charge >= 0.3 is 11.8 Å². The van der Waals surface area contributed by atoms with E-state index in [4.69, 9.17) is 4.74 Å². The minimum Gasteiger partial charge on any atom is -0.447 e. The molecule has 1 rings (SSSR count). The highest BCUT2D eigenvalue weighted by Gasteiger charge is 2.02. The van der Waals surface area contributed by atoms with E-state index in [0.717, 1.165) is 0 Å². The van der Waals surface area contributed by atoms with Gasteiger partial charge in [-0.25, -0.2) is 14.6 Å². The maximum atomic E-state index is 11.1. The molecule has 1 aromatic heterocycles. The van der Waals surface area contributed by atoms with Crippen molar-refractivity contribution in [2.45, 2.75) is 0 Å². The molecule has 15 heavy (non-hydrogen) atoms. The van der Waals surface area contributed by atoms with Gasteiger partial charge in [0.2, 0.25) is 0 Å². The number of hydrogen-bond acceptors (Lipinski definition) is 5. The largest absolute Gasteiger partial charge is 0.447 e. The first-order chi connectivity index (χ1) is 7.22. The van der Waals surface area contributed by atoms with Crippen LogP contribution in [0, 0.1) is 0 Å². The molecule has 0 aliphatic rings. The number of rotatable bonds is 4. The molecule has 1 amide bonds. The van der Waals surface area contributed by atoms with Crippen molar-refractivity contribution < 1.29 is 14.3 Å². The van der Waals surface area contributed by atoms with Crippen molar-refractivity contribution in [2.75, 3.05) is 25.6 Å². The van der Waals surface area contributed by atoms with Gasteiger partial charge in [0.1, 0.15) is 12.4 Å². The predicted molar refractivity (Wildman–Crippen MR) is 51.7 cm³/mol. The number of carbonyl (C=O) groups is 1. The number of aromatic nitrogens is 2. The van der Waals surface area contributed by atoms with Crippen molar-refractivity contribution in [3.05, 3.63) is 22.7 Å². The Morgan fingerprint density at radius 3 is 3.07 bits per heavy atom. The van der Waals surface area contributed by atoms with E-state index in [1.165, 1.54) is 19.4 Å². The molecule has 0 atom stereocenters. The monoisotopic (exact) mass is 213 g/mol. The summed E-state index contributed by atoms with van der Waals surface area (Å²) in [4.78, 5) is 27.5. The van der Waals surface area contributed by atoms with Gasteiger partial charge in [-0.3, -0.25) is 10.3 Å². The van der Waals surface area contributed by atoms with E-state index in [0.29, 0.717) is 6.61 Å². The lowest BCUT2D eigenvalue weighted by molar-refractivity contribution is 0.107. The Morgan fingerprint density at radius 1 is 1.60 bits per heavy atom. The third-order valence-corrected chi connectivity index (χ3v) is 1.43. The molecular weight excluding hydrogens is 202 g/mol. The van der Waals surface area contributed by atoms with Crippen LogP contribution in [0.25, 0.3) is 0 Å². The van der Waals surface area contributed by atoms with E-state index in [9.17, 15) is 9.59 Å². The topological polar surface area (TPSA) is 93.3 Å². The smallest absolute Gasteiger partial charge is 0.412 e. The zero-order chi connectivity index (χ0) is 11.1. The van der Waals surface area contributed by atoms with Crippen LogP contribution < -0.4 is 11.0 Å². The zero-order valence-electron chi connectivity index (χ0n) is 8.15. The SMILES string of the molecule is COCCOC(=O)Nc1ccnc(=O)[nH]1.